The molecule has 1 aromatic rings. The summed E-state index contributed by atoms with van der Waals surface area (Å²) in [5, 5.41) is 8.96. The number of aliphatic hydroxyl groups is 1. The zero-order valence-electron chi connectivity index (χ0n) is 10.5. The number of aliphatic hydroxyl groups excluding tert-OH is 1. The van der Waals surface area contributed by atoms with E-state index in [1.165, 1.54) is 12.4 Å². The molecule has 1 amide bonds. The molecule has 1 aromatic heterocycles. The predicted octanol–water partition coefficient (Wildman–Crippen LogP) is 0.743. The molecule has 1 N–H and O–H groups in total. The van der Waals surface area contributed by atoms with E-state index in [0.29, 0.717) is 25.4 Å². The average Bonchev–Trinajstić information content (AvgIpc) is 2.46. The van der Waals surface area contributed by atoms with Gasteiger partial charge in [-0.05, 0) is 12.8 Å². The van der Waals surface area contributed by atoms with E-state index in [0.717, 1.165) is 12.8 Å². The highest BCUT2D eigenvalue weighted by Crippen LogP contribution is 2.15. The monoisotopic (exact) mass is 285 g/mol. The van der Waals surface area contributed by atoms with Gasteiger partial charge in [0.2, 0.25) is 0 Å². The van der Waals surface area contributed by atoms with Gasteiger partial charge in [0.15, 0.2) is 0 Å². The second-order valence-electron chi connectivity index (χ2n) is 4.31. The lowest BCUT2D eigenvalue weighted by atomic mass is 10.1. The highest BCUT2D eigenvalue weighted by molar-refractivity contribution is 6.29. The molecule has 2 heterocycles. The zero-order chi connectivity index (χ0) is 13.7. The molecule has 1 aliphatic rings. The van der Waals surface area contributed by atoms with Crippen molar-refractivity contribution in [1.29, 1.82) is 0 Å². The Labute approximate surface area is 116 Å². The molecule has 0 bridgehead atoms. The maximum absolute atomic E-state index is 12.1. The van der Waals surface area contributed by atoms with Crippen LogP contribution in [-0.2, 0) is 4.74 Å². The van der Waals surface area contributed by atoms with Crippen LogP contribution in [0.15, 0.2) is 12.4 Å². The van der Waals surface area contributed by atoms with Crippen molar-refractivity contribution in [2.75, 3.05) is 26.3 Å². The maximum atomic E-state index is 12.1. The van der Waals surface area contributed by atoms with Crippen molar-refractivity contribution in [2.24, 2.45) is 0 Å². The molecule has 1 fully saturated rings. The number of amides is 1. The van der Waals surface area contributed by atoms with Crippen LogP contribution in [0.25, 0.3) is 0 Å². The largest absolute Gasteiger partial charge is 0.394 e. The first-order chi connectivity index (χ1) is 9.20. The molecule has 1 saturated heterocycles. The summed E-state index contributed by atoms with van der Waals surface area (Å²) in [5.74, 6) is -0.134. The summed E-state index contributed by atoms with van der Waals surface area (Å²) in [6.45, 7) is 1.62. The van der Waals surface area contributed by atoms with Gasteiger partial charge in [-0.15, -0.1) is 0 Å². The number of rotatable bonds is 4. The smallest absolute Gasteiger partial charge is 0.274 e. The standard InChI is InChI=1S/C12H16ClN3O3/c13-11-8-14-10(7-15-11)12(18)16-3-1-9(2-4-16)19-6-5-17/h7-9,17H,1-6H2. The summed E-state index contributed by atoms with van der Waals surface area (Å²) in [7, 11) is 0. The molecule has 0 saturated carbocycles. The summed E-state index contributed by atoms with van der Waals surface area (Å²) < 4.78 is 5.45. The van der Waals surface area contributed by atoms with Crippen molar-refractivity contribution in [3.8, 4) is 0 Å². The Morgan fingerprint density at radius 3 is 2.74 bits per heavy atom. The number of hydrogen-bond donors (Lipinski definition) is 1. The summed E-state index contributed by atoms with van der Waals surface area (Å²) in [5.41, 5.74) is 0.305. The van der Waals surface area contributed by atoms with Crippen molar-refractivity contribution in [3.05, 3.63) is 23.2 Å². The van der Waals surface area contributed by atoms with E-state index in [4.69, 9.17) is 21.4 Å². The van der Waals surface area contributed by atoms with Crippen LogP contribution in [0.1, 0.15) is 23.3 Å². The minimum Gasteiger partial charge on any atom is -0.394 e. The lowest BCUT2D eigenvalue weighted by Gasteiger charge is -2.31. The number of carbonyl (C=O) groups excluding carboxylic acids is 1. The number of nitrogens with zero attached hydrogens (tertiary/aromatic N) is 3. The Morgan fingerprint density at radius 1 is 1.42 bits per heavy atom. The van der Waals surface area contributed by atoms with Gasteiger partial charge in [0.05, 0.1) is 31.7 Å². The molecule has 0 spiro atoms. The summed E-state index contributed by atoms with van der Waals surface area (Å²) >= 11 is 5.63. The van der Waals surface area contributed by atoms with E-state index in [-0.39, 0.29) is 23.8 Å². The highest BCUT2D eigenvalue weighted by Gasteiger charge is 2.24. The molecule has 7 heteroatoms. The predicted molar refractivity (Wildman–Crippen MR) is 69.0 cm³/mol. The van der Waals surface area contributed by atoms with Crippen LogP contribution in [0.4, 0.5) is 0 Å². The second kappa shape index (κ2) is 6.79. The van der Waals surface area contributed by atoms with Gasteiger partial charge in [-0.25, -0.2) is 9.97 Å². The molecule has 0 radical (unpaired) electrons. The van der Waals surface area contributed by atoms with Gasteiger partial charge in [-0.1, -0.05) is 11.6 Å². The molecular weight excluding hydrogens is 270 g/mol. The quantitative estimate of drug-likeness (QED) is 0.883. The molecule has 2 rings (SSSR count). The van der Waals surface area contributed by atoms with Gasteiger partial charge in [-0.3, -0.25) is 4.79 Å². The molecule has 0 aliphatic carbocycles. The molecule has 0 unspecified atom stereocenters. The Hall–Kier alpha value is -1.24. The van der Waals surface area contributed by atoms with Crippen molar-refractivity contribution < 1.29 is 14.6 Å². The van der Waals surface area contributed by atoms with Gasteiger partial charge in [-0.2, -0.15) is 0 Å². The van der Waals surface area contributed by atoms with E-state index >= 15 is 0 Å². The van der Waals surface area contributed by atoms with Crippen LogP contribution >= 0.6 is 11.6 Å². The second-order valence-corrected chi connectivity index (χ2v) is 4.70. The van der Waals surface area contributed by atoms with E-state index in [2.05, 4.69) is 9.97 Å². The third-order valence-corrected chi connectivity index (χ3v) is 3.21. The number of carbonyl (C=O) groups is 1. The minimum absolute atomic E-state index is 0.0273. The van der Waals surface area contributed by atoms with Gasteiger partial charge in [0.1, 0.15) is 10.8 Å². The van der Waals surface area contributed by atoms with Crippen molar-refractivity contribution in [1.82, 2.24) is 14.9 Å². The van der Waals surface area contributed by atoms with E-state index in [1.807, 2.05) is 0 Å². The van der Waals surface area contributed by atoms with Gasteiger partial charge in [0.25, 0.3) is 5.91 Å². The summed E-state index contributed by atoms with van der Waals surface area (Å²) in [4.78, 5) is 21.7. The molecule has 0 atom stereocenters. The molecule has 0 aromatic carbocycles. The number of likely N-dealkylation sites (tertiary alicyclic amines) is 1. The van der Waals surface area contributed by atoms with Gasteiger partial charge >= 0.3 is 0 Å². The molecule has 19 heavy (non-hydrogen) atoms. The van der Waals surface area contributed by atoms with Crippen LogP contribution in [-0.4, -0.2) is 58.3 Å². The van der Waals surface area contributed by atoms with Crippen LogP contribution < -0.4 is 0 Å². The Bertz CT molecular complexity index is 419. The molecule has 1 aliphatic heterocycles. The van der Waals surface area contributed by atoms with Crippen LogP contribution in [0, 0.1) is 0 Å². The third kappa shape index (κ3) is 3.86. The Balaban J connectivity index is 1.87. The lowest BCUT2D eigenvalue weighted by molar-refractivity contribution is -0.00565. The summed E-state index contributed by atoms with van der Waals surface area (Å²) in [6, 6.07) is 0. The molecular formula is C12H16ClN3O3. The first-order valence-corrected chi connectivity index (χ1v) is 6.58. The number of piperidine rings is 1. The van der Waals surface area contributed by atoms with Crippen LogP contribution in [0.3, 0.4) is 0 Å². The van der Waals surface area contributed by atoms with Crippen LogP contribution in [0.2, 0.25) is 5.15 Å². The van der Waals surface area contributed by atoms with Crippen molar-refractivity contribution in [2.45, 2.75) is 18.9 Å². The first-order valence-electron chi connectivity index (χ1n) is 6.20. The number of aromatic nitrogens is 2. The maximum Gasteiger partial charge on any atom is 0.274 e. The zero-order valence-corrected chi connectivity index (χ0v) is 11.2. The third-order valence-electron chi connectivity index (χ3n) is 3.01. The van der Waals surface area contributed by atoms with E-state index in [9.17, 15) is 4.79 Å². The minimum atomic E-state index is -0.134. The van der Waals surface area contributed by atoms with Gasteiger partial charge < -0.3 is 14.7 Å². The molecule has 6 nitrogen and oxygen atoms in total. The average molecular weight is 286 g/mol. The van der Waals surface area contributed by atoms with Gasteiger partial charge in [0, 0.05) is 13.1 Å². The Kier molecular flexibility index (Phi) is 5.07. The number of hydrogen-bond acceptors (Lipinski definition) is 5. The van der Waals surface area contributed by atoms with E-state index < -0.39 is 0 Å². The lowest BCUT2D eigenvalue weighted by Crippen LogP contribution is -2.41. The normalized spacial score (nSPS) is 16.6. The molecule has 104 valence electrons. The topological polar surface area (TPSA) is 75.6 Å². The Morgan fingerprint density at radius 2 is 2.16 bits per heavy atom. The fourth-order valence-corrected chi connectivity index (χ4v) is 2.13. The number of ether oxygens (including phenoxy) is 1. The fraction of sp³-hybridized carbons (Fsp3) is 0.583. The van der Waals surface area contributed by atoms with Crippen molar-refractivity contribution in [3.63, 3.8) is 0 Å². The fourth-order valence-electron chi connectivity index (χ4n) is 2.03. The number of halogens is 1. The van der Waals surface area contributed by atoms with E-state index in [1.54, 1.807) is 4.90 Å². The van der Waals surface area contributed by atoms with Crippen LogP contribution in [0.5, 0.6) is 0 Å². The SMILES string of the molecule is O=C(c1cnc(Cl)cn1)N1CCC(OCCO)CC1. The van der Waals surface area contributed by atoms with Crippen molar-refractivity contribution >= 4 is 17.5 Å². The highest BCUT2D eigenvalue weighted by atomic mass is 35.5. The first kappa shape index (κ1) is 14.2. The summed E-state index contributed by atoms with van der Waals surface area (Å²) in [6.07, 6.45) is 4.41.